The second-order valence-electron chi connectivity index (χ2n) is 4.41. The van der Waals surface area contributed by atoms with Crippen LogP contribution >= 0.6 is 11.8 Å². The molecule has 1 aliphatic carbocycles. The maximum Gasteiger partial charge on any atom is 0.0456 e. The van der Waals surface area contributed by atoms with E-state index >= 15 is 0 Å². The first-order valence-corrected chi connectivity index (χ1v) is 5.64. The number of rotatable bonds is 3. The molecule has 15 heavy (non-hydrogen) atoms. The topological polar surface area (TPSA) is 27.8 Å². The van der Waals surface area contributed by atoms with Gasteiger partial charge in [-0.05, 0) is 42.7 Å². The van der Waals surface area contributed by atoms with Gasteiger partial charge in [0, 0.05) is 22.6 Å². The smallest absolute Gasteiger partial charge is 0.0456 e. The highest BCUT2D eigenvalue weighted by Crippen LogP contribution is 2.40. The summed E-state index contributed by atoms with van der Waals surface area (Å²) in [6.45, 7) is 0. The second-order valence-corrected chi connectivity index (χ2v) is 4.60. The van der Waals surface area contributed by atoms with Gasteiger partial charge in [0.25, 0.3) is 0 Å². The zero-order valence-corrected chi connectivity index (χ0v) is 9.14. The highest BCUT2D eigenvalue weighted by Gasteiger charge is 2.42. The van der Waals surface area contributed by atoms with Crippen molar-refractivity contribution in [1.29, 1.82) is 0 Å². The fourth-order valence-electron chi connectivity index (χ4n) is 2.10. The van der Waals surface area contributed by atoms with Gasteiger partial charge in [0.2, 0.25) is 0 Å². The number of para-hydroxylation sites is 1. The van der Waals surface area contributed by atoms with Gasteiger partial charge in [0.15, 0.2) is 0 Å². The van der Waals surface area contributed by atoms with Gasteiger partial charge in [0.05, 0.1) is 0 Å². The van der Waals surface area contributed by atoms with Gasteiger partial charge in [0.1, 0.15) is 0 Å². The summed E-state index contributed by atoms with van der Waals surface area (Å²) in [7, 11) is 0. The molecule has 1 saturated carbocycles. The predicted octanol–water partition coefficient (Wildman–Crippen LogP) is 2.99. The molecule has 0 spiro atoms. The zero-order chi connectivity index (χ0) is 10.3. The van der Waals surface area contributed by atoms with Crippen molar-refractivity contribution in [2.24, 2.45) is 0 Å². The second kappa shape index (κ2) is 3.26. The lowest BCUT2D eigenvalue weighted by atomic mass is 10.0. The Morgan fingerprint density at radius 1 is 1.33 bits per heavy atom. The first-order valence-electron chi connectivity index (χ1n) is 5.26. The van der Waals surface area contributed by atoms with Crippen molar-refractivity contribution in [1.82, 2.24) is 9.82 Å². The largest absolute Gasteiger partial charge is 0.361 e. The molecule has 2 nitrogen and oxygen atoms in total. The van der Waals surface area contributed by atoms with E-state index in [-0.39, 0.29) is 5.54 Å². The maximum absolute atomic E-state index is 5.76. The van der Waals surface area contributed by atoms with Crippen LogP contribution in [0, 0.1) is 0 Å². The first kappa shape index (κ1) is 9.25. The maximum atomic E-state index is 5.76. The van der Waals surface area contributed by atoms with Crippen molar-refractivity contribution in [3.63, 3.8) is 0 Å². The van der Waals surface area contributed by atoms with Crippen LogP contribution in [0.2, 0.25) is 0 Å². The Labute approximate surface area is 93.7 Å². The van der Waals surface area contributed by atoms with Crippen molar-refractivity contribution in [3.05, 3.63) is 36.0 Å². The van der Waals surface area contributed by atoms with Crippen LogP contribution in [0.1, 0.15) is 18.4 Å². The Morgan fingerprint density at radius 2 is 2.13 bits per heavy atom. The van der Waals surface area contributed by atoms with E-state index in [2.05, 4.69) is 40.3 Å². The van der Waals surface area contributed by atoms with E-state index in [9.17, 15) is 0 Å². The quantitative estimate of drug-likeness (QED) is 0.765. The van der Waals surface area contributed by atoms with Gasteiger partial charge in [-0.15, -0.1) is 0 Å². The van der Waals surface area contributed by atoms with Gasteiger partial charge in [-0.25, -0.2) is 4.84 Å². The number of hydrogen-bond donors (Lipinski definition) is 2. The molecule has 0 saturated heterocycles. The Hall–Kier alpha value is -0.990. The number of H-pyrrole nitrogens is 1. The minimum Gasteiger partial charge on any atom is -0.361 e. The molecule has 0 unspecified atom stereocenters. The van der Waals surface area contributed by atoms with Gasteiger partial charge < -0.3 is 4.98 Å². The molecule has 1 aromatic heterocycles. The van der Waals surface area contributed by atoms with Gasteiger partial charge in [-0.3, -0.25) is 0 Å². The van der Waals surface area contributed by atoms with E-state index in [0.29, 0.717) is 0 Å². The number of aromatic nitrogens is 1. The highest BCUT2D eigenvalue weighted by atomic mass is 35.5. The Balaban J connectivity index is 1.98. The molecular weight excluding hydrogens is 208 g/mol. The monoisotopic (exact) mass is 220 g/mol. The standard InChI is InChI=1S/C12H13ClN2/c13-15-12(5-6-12)7-9-8-14-11-4-2-1-3-10(9)11/h1-4,8,14-15H,5-7H2. The van der Waals surface area contributed by atoms with E-state index in [1.807, 2.05) is 0 Å². The lowest BCUT2D eigenvalue weighted by Gasteiger charge is -2.10. The molecule has 3 rings (SSSR count). The Kier molecular flexibility index (Phi) is 2.01. The molecule has 0 amide bonds. The number of fused-ring (bicyclic) bond motifs is 1. The minimum atomic E-state index is 0.159. The van der Waals surface area contributed by atoms with Crippen LogP contribution in [0.4, 0.5) is 0 Å². The minimum absolute atomic E-state index is 0.159. The SMILES string of the molecule is ClNC1(Cc2c[nH]c3ccccc23)CC1. The molecular formula is C12H13ClN2. The molecule has 78 valence electrons. The molecule has 2 aromatic rings. The molecule has 0 aliphatic heterocycles. The molecule has 1 aromatic carbocycles. The number of halogens is 1. The molecule has 0 bridgehead atoms. The van der Waals surface area contributed by atoms with E-state index in [1.54, 1.807) is 0 Å². The van der Waals surface area contributed by atoms with Crippen LogP contribution in [-0.2, 0) is 6.42 Å². The summed E-state index contributed by atoms with van der Waals surface area (Å²) in [4.78, 5) is 6.21. The summed E-state index contributed by atoms with van der Waals surface area (Å²) < 4.78 is 0. The van der Waals surface area contributed by atoms with Crippen molar-refractivity contribution in [2.75, 3.05) is 0 Å². The predicted molar refractivity (Wildman–Crippen MR) is 63.0 cm³/mol. The van der Waals surface area contributed by atoms with Gasteiger partial charge in [-0.2, -0.15) is 0 Å². The molecule has 0 atom stereocenters. The molecule has 1 aliphatic rings. The summed E-state index contributed by atoms with van der Waals surface area (Å²) in [5.74, 6) is 0. The van der Waals surface area contributed by atoms with E-state index in [4.69, 9.17) is 11.8 Å². The molecule has 1 heterocycles. The fourth-order valence-corrected chi connectivity index (χ4v) is 2.35. The zero-order valence-electron chi connectivity index (χ0n) is 8.39. The highest BCUT2D eigenvalue weighted by molar-refractivity contribution is 6.14. The molecule has 3 heteroatoms. The van der Waals surface area contributed by atoms with Crippen LogP contribution in [0.15, 0.2) is 30.5 Å². The Bertz CT molecular complexity index is 485. The average Bonchev–Trinajstić information content (AvgIpc) is 2.95. The lowest BCUT2D eigenvalue weighted by Crippen LogP contribution is -2.25. The van der Waals surface area contributed by atoms with Crippen LogP contribution in [0.5, 0.6) is 0 Å². The van der Waals surface area contributed by atoms with Gasteiger partial charge >= 0.3 is 0 Å². The van der Waals surface area contributed by atoms with Crippen LogP contribution < -0.4 is 4.84 Å². The average molecular weight is 221 g/mol. The number of hydrogen-bond acceptors (Lipinski definition) is 1. The van der Waals surface area contributed by atoms with E-state index in [1.165, 1.54) is 29.3 Å². The van der Waals surface area contributed by atoms with Crippen molar-refractivity contribution >= 4 is 22.7 Å². The number of aromatic amines is 1. The van der Waals surface area contributed by atoms with E-state index in [0.717, 1.165) is 6.42 Å². The lowest BCUT2D eigenvalue weighted by molar-refractivity contribution is 0.619. The summed E-state index contributed by atoms with van der Waals surface area (Å²) in [6.07, 6.45) is 5.46. The third-order valence-corrected chi connectivity index (χ3v) is 3.66. The van der Waals surface area contributed by atoms with Crippen molar-refractivity contribution in [2.45, 2.75) is 24.8 Å². The third kappa shape index (κ3) is 1.54. The fraction of sp³-hybridized carbons (Fsp3) is 0.333. The molecule has 2 N–H and O–H groups in total. The number of nitrogens with one attached hydrogen (secondary N) is 2. The normalized spacial score (nSPS) is 18.2. The summed E-state index contributed by atoms with van der Waals surface area (Å²) in [5.41, 5.74) is 2.72. The summed E-state index contributed by atoms with van der Waals surface area (Å²) in [5, 5.41) is 1.32. The van der Waals surface area contributed by atoms with Crippen LogP contribution in [0.3, 0.4) is 0 Å². The Morgan fingerprint density at radius 3 is 2.87 bits per heavy atom. The van der Waals surface area contributed by atoms with Crippen LogP contribution in [0.25, 0.3) is 10.9 Å². The van der Waals surface area contributed by atoms with Crippen LogP contribution in [-0.4, -0.2) is 10.5 Å². The van der Waals surface area contributed by atoms with Crippen molar-refractivity contribution in [3.8, 4) is 0 Å². The van der Waals surface area contributed by atoms with Gasteiger partial charge in [-0.1, -0.05) is 18.2 Å². The summed E-state index contributed by atoms with van der Waals surface area (Å²) in [6, 6.07) is 8.39. The molecule has 0 radical (unpaired) electrons. The van der Waals surface area contributed by atoms with Crippen molar-refractivity contribution < 1.29 is 0 Å². The summed E-state index contributed by atoms with van der Waals surface area (Å²) >= 11 is 5.76. The van der Waals surface area contributed by atoms with E-state index < -0.39 is 0 Å². The third-order valence-electron chi connectivity index (χ3n) is 3.26. The first-order chi connectivity index (χ1) is 7.33. The molecule has 1 fully saturated rings. The number of benzene rings is 1.